The lowest BCUT2D eigenvalue weighted by Crippen LogP contribution is -2.23. The molecule has 0 saturated carbocycles. The summed E-state index contributed by atoms with van der Waals surface area (Å²) in [6, 6.07) is 0. The number of nitrogens with one attached hydrogen (secondary N) is 1. The summed E-state index contributed by atoms with van der Waals surface area (Å²) < 4.78 is 0. The van der Waals surface area contributed by atoms with Crippen molar-refractivity contribution in [3.8, 4) is 0 Å². The first-order valence-corrected chi connectivity index (χ1v) is 4.78. The van der Waals surface area contributed by atoms with Gasteiger partial charge in [-0.2, -0.15) is 0 Å². The second kappa shape index (κ2) is 8.60. The Morgan fingerprint density at radius 2 is 2.33 bits per heavy atom. The minimum absolute atomic E-state index is 0.0974. The smallest absolute Gasteiger partial charge is 0.220 e. The molecule has 0 aromatic heterocycles. The van der Waals surface area contributed by atoms with Gasteiger partial charge in [0.2, 0.25) is 5.91 Å². The number of hydrogen-bond acceptors (Lipinski definition) is 1. The van der Waals surface area contributed by atoms with Crippen LogP contribution >= 0.6 is 11.6 Å². The molecular weight excluding hydrogens is 174 g/mol. The van der Waals surface area contributed by atoms with Gasteiger partial charge in [0.05, 0.1) is 0 Å². The molecule has 70 valence electrons. The van der Waals surface area contributed by atoms with E-state index in [4.69, 9.17) is 11.6 Å². The molecule has 0 aromatic carbocycles. The SMILES string of the molecule is C/C=C/CCNC(=O)CCCCl. The van der Waals surface area contributed by atoms with Crippen molar-refractivity contribution < 1.29 is 4.79 Å². The number of amides is 1. The Hall–Kier alpha value is -0.500. The van der Waals surface area contributed by atoms with Crippen LogP contribution in [-0.4, -0.2) is 18.3 Å². The fraction of sp³-hybridized carbons (Fsp3) is 0.667. The van der Waals surface area contributed by atoms with Crippen LogP contribution in [0.1, 0.15) is 26.2 Å². The molecule has 0 bridgehead atoms. The Morgan fingerprint density at radius 1 is 1.58 bits per heavy atom. The Bertz CT molecular complexity index is 145. The number of rotatable bonds is 6. The fourth-order valence-corrected chi connectivity index (χ4v) is 0.911. The van der Waals surface area contributed by atoms with Crippen LogP contribution in [0.15, 0.2) is 12.2 Å². The maximum Gasteiger partial charge on any atom is 0.220 e. The van der Waals surface area contributed by atoms with Crippen molar-refractivity contribution in [3.63, 3.8) is 0 Å². The van der Waals surface area contributed by atoms with Gasteiger partial charge in [-0.15, -0.1) is 11.6 Å². The third-order valence-corrected chi connectivity index (χ3v) is 1.67. The number of hydrogen-bond donors (Lipinski definition) is 1. The van der Waals surface area contributed by atoms with E-state index in [1.54, 1.807) is 0 Å². The molecule has 0 atom stereocenters. The molecule has 12 heavy (non-hydrogen) atoms. The summed E-state index contributed by atoms with van der Waals surface area (Å²) in [5, 5.41) is 2.80. The lowest BCUT2D eigenvalue weighted by Gasteiger charge is -2.00. The molecule has 0 aliphatic carbocycles. The second-order valence-electron chi connectivity index (χ2n) is 2.50. The number of halogens is 1. The fourth-order valence-electron chi connectivity index (χ4n) is 0.777. The molecule has 1 amide bonds. The molecule has 0 heterocycles. The summed E-state index contributed by atoms with van der Waals surface area (Å²) in [5.74, 6) is 0.655. The third kappa shape index (κ3) is 7.61. The summed E-state index contributed by atoms with van der Waals surface area (Å²) in [6.07, 6.45) is 6.21. The van der Waals surface area contributed by atoms with E-state index < -0.39 is 0 Å². The van der Waals surface area contributed by atoms with E-state index in [0.29, 0.717) is 12.3 Å². The average Bonchev–Trinajstić information content (AvgIpc) is 2.09. The van der Waals surface area contributed by atoms with E-state index >= 15 is 0 Å². The number of allylic oxidation sites excluding steroid dienone is 1. The molecule has 0 aliphatic rings. The van der Waals surface area contributed by atoms with Crippen molar-refractivity contribution in [2.45, 2.75) is 26.2 Å². The van der Waals surface area contributed by atoms with E-state index in [0.717, 1.165) is 19.4 Å². The van der Waals surface area contributed by atoms with Gasteiger partial charge in [0.25, 0.3) is 0 Å². The van der Waals surface area contributed by atoms with Gasteiger partial charge >= 0.3 is 0 Å². The highest BCUT2D eigenvalue weighted by atomic mass is 35.5. The summed E-state index contributed by atoms with van der Waals surface area (Å²) in [6.45, 7) is 2.70. The zero-order valence-electron chi connectivity index (χ0n) is 7.48. The molecule has 3 heteroatoms. The van der Waals surface area contributed by atoms with Gasteiger partial charge in [-0.25, -0.2) is 0 Å². The van der Waals surface area contributed by atoms with E-state index in [1.165, 1.54) is 0 Å². The Balaban J connectivity index is 3.19. The number of alkyl halides is 1. The van der Waals surface area contributed by atoms with Gasteiger partial charge < -0.3 is 5.32 Å². The van der Waals surface area contributed by atoms with Crippen LogP contribution in [0.3, 0.4) is 0 Å². The van der Waals surface area contributed by atoms with Crippen LogP contribution < -0.4 is 5.32 Å². The van der Waals surface area contributed by atoms with Gasteiger partial charge in [-0.3, -0.25) is 4.79 Å². The largest absolute Gasteiger partial charge is 0.356 e. The van der Waals surface area contributed by atoms with Crippen molar-refractivity contribution in [1.29, 1.82) is 0 Å². The Morgan fingerprint density at radius 3 is 2.92 bits per heavy atom. The van der Waals surface area contributed by atoms with Crippen molar-refractivity contribution >= 4 is 17.5 Å². The summed E-state index contributed by atoms with van der Waals surface area (Å²) >= 11 is 5.44. The summed E-state index contributed by atoms with van der Waals surface area (Å²) in [4.78, 5) is 11.0. The van der Waals surface area contributed by atoms with Crippen LogP contribution in [0.25, 0.3) is 0 Å². The maximum atomic E-state index is 11.0. The molecule has 0 radical (unpaired) electrons. The molecule has 0 rings (SSSR count). The molecule has 0 unspecified atom stereocenters. The summed E-state index contributed by atoms with van der Waals surface area (Å²) in [5.41, 5.74) is 0. The zero-order chi connectivity index (χ0) is 9.23. The maximum absolute atomic E-state index is 11.0. The minimum Gasteiger partial charge on any atom is -0.356 e. The van der Waals surface area contributed by atoms with Crippen molar-refractivity contribution in [2.75, 3.05) is 12.4 Å². The molecule has 0 saturated heterocycles. The molecular formula is C9H16ClNO. The first-order valence-electron chi connectivity index (χ1n) is 4.25. The standard InChI is InChI=1S/C9H16ClNO/c1-2-3-4-8-11-9(12)6-5-7-10/h2-3H,4-8H2,1H3,(H,11,12)/b3-2+. The molecule has 1 N–H and O–H groups in total. The molecule has 0 fully saturated rings. The van der Waals surface area contributed by atoms with Crippen LogP contribution in [-0.2, 0) is 4.79 Å². The van der Waals surface area contributed by atoms with Crippen LogP contribution in [0, 0.1) is 0 Å². The number of carbonyl (C=O) groups is 1. The van der Waals surface area contributed by atoms with Crippen LogP contribution in [0.4, 0.5) is 0 Å². The van der Waals surface area contributed by atoms with Crippen molar-refractivity contribution in [2.24, 2.45) is 0 Å². The first kappa shape index (κ1) is 11.5. The molecule has 0 spiro atoms. The van der Waals surface area contributed by atoms with Crippen molar-refractivity contribution in [3.05, 3.63) is 12.2 Å². The Kier molecular flexibility index (Phi) is 8.24. The lowest BCUT2D eigenvalue weighted by atomic mass is 10.3. The zero-order valence-corrected chi connectivity index (χ0v) is 8.23. The summed E-state index contributed by atoms with van der Waals surface area (Å²) in [7, 11) is 0. The van der Waals surface area contributed by atoms with Crippen LogP contribution in [0.2, 0.25) is 0 Å². The second-order valence-corrected chi connectivity index (χ2v) is 2.88. The van der Waals surface area contributed by atoms with Gasteiger partial charge in [0.15, 0.2) is 0 Å². The third-order valence-electron chi connectivity index (χ3n) is 1.41. The van der Waals surface area contributed by atoms with E-state index in [1.807, 2.05) is 19.1 Å². The highest BCUT2D eigenvalue weighted by Crippen LogP contribution is 1.91. The molecule has 0 aromatic rings. The normalized spacial score (nSPS) is 10.5. The molecule has 2 nitrogen and oxygen atoms in total. The van der Waals surface area contributed by atoms with Crippen LogP contribution in [0.5, 0.6) is 0 Å². The highest BCUT2D eigenvalue weighted by molar-refractivity contribution is 6.17. The number of carbonyl (C=O) groups excluding carboxylic acids is 1. The topological polar surface area (TPSA) is 29.1 Å². The quantitative estimate of drug-likeness (QED) is 0.387. The van der Waals surface area contributed by atoms with Gasteiger partial charge in [-0.05, 0) is 19.8 Å². The van der Waals surface area contributed by atoms with E-state index in [2.05, 4.69) is 5.32 Å². The van der Waals surface area contributed by atoms with E-state index in [-0.39, 0.29) is 5.91 Å². The van der Waals surface area contributed by atoms with Gasteiger partial charge in [0.1, 0.15) is 0 Å². The van der Waals surface area contributed by atoms with Crippen molar-refractivity contribution in [1.82, 2.24) is 5.32 Å². The Labute approximate surface area is 79.0 Å². The first-order chi connectivity index (χ1) is 5.81. The lowest BCUT2D eigenvalue weighted by molar-refractivity contribution is -0.121. The predicted octanol–water partition coefficient (Wildman–Crippen LogP) is 2.09. The van der Waals surface area contributed by atoms with Gasteiger partial charge in [-0.1, -0.05) is 12.2 Å². The average molecular weight is 190 g/mol. The van der Waals surface area contributed by atoms with E-state index in [9.17, 15) is 4.79 Å². The highest BCUT2D eigenvalue weighted by Gasteiger charge is 1.97. The minimum atomic E-state index is 0.0974. The molecule has 0 aliphatic heterocycles. The monoisotopic (exact) mass is 189 g/mol. The predicted molar refractivity (Wildman–Crippen MR) is 52.4 cm³/mol. The van der Waals surface area contributed by atoms with Gasteiger partial charge in [0, 0.05) is 18.8 Å².